The molecule has 0 spiro atoms. The number of aliphatic imine (C=N–C) groups is 1. The maximum absolute atomic E-state index is 12.1. The number of rotatable bonds is 9. The number of sulfone groups is 1. The van der Waals surface area contributed by atoms with Crippen molar-refractivity contribution in [3.8, 4) is 5.75 Å². The number of anilines is 1. The zero-order chi connectivity index (χ0) is 26.0. The quantitative estimate of drug-likeness (QED) is 0.441. The van der Waals surface area contributed by atoms with E-state index in [0.29, 0.717) is 24.4 Å². The number of aliphatic carboxylic acids is 1. The zero-order valence-corrected chi connectivity index (χ0v) is 21.4. The monoisotopic (exact) mass is 522 g/mol. The summed E-state index contributed by atoms with van der Waals surface area (Å²) < 4.78 is 32.0. The lowest BCUT2D eigenvalue weighted by molar-refractivity contribution is -0.137. The predicted molar refractivity (Wildman–Crippen MR) is 144 cm³/mol. The van der Waals surface area contributed by atoms with Gasteiger partial charge in [-0.2, -0.15) is 0 Å². The first-order valence-corrected chi connectivity index (χ1v) is 14.3. The Kier molecular flexibility index (Phi) is 7.01. The van der Waals surface area contributed by atoms with Crippen LogP contribution in [0.2, 0.25) is 0 Å². The minimum atomic E-state index is -3.34. The number of benzene rings is 1. The molecule has 0 amide bonds. The number of nitrogens with zero attached hydrogens (tertiary/aromatic N) is 3. The van der Waals surface area contributed by atoms with E-state index in [4.69, 9.17) is 9.72 Å². The molecule has 0 bridgehead atoms. The summed E-state index contributed by atoms with van der Waals surface area (Å²) >= 11 is 0. The maximum Gasteiger partial charge on any atom is 0.305 e. The van der Waals surface area contributed by atoms with Gasteiger partial charge < -0.3 is 19.7 Å². The van der Waals surface area contributed by atoms with Gasteiger partial charge in [-0.3, -0.25) is 9.79 Å². The fourth-order valence-electron chi connectivity index (χ4n) is 4.86. The first-order valence-electron chi connectivity index (χ1n) is 12.4. The SMILES string of the molecule is CS(=O)(=O)C1C=C(C(CC(=O)O)n2ccc3cc(OCCc4ccc5c(n4)NCCC5)ccc32)C=NC1. The second kappa shape index (κ2) is 10.4. The van der Waals surface area contributed by atoms with Crippen molar-refractivity contribution in [3.63, 3.8) is 0 Å². The third-order valence-electron chi connectivity index (χ3n) is 6.81. The molecule has 2 N–H and O–H groups in total. The molecule has 10 heteroatoms. The van der Waals surface area contributed by atoms with Crippen molar-refractivity contribution >= 4 is 38.7 Å². The highest BCUT2D eigenvalue weighted by Gasteiger charge is 2.27. The molecule has 2 atom stereocenters. The number of ether oxygens (including phenoxy) is 1. The molecular weight excluding hydrogens is 492 g/mol. The van der Waals surface area contributed by atoms with E-state index >= 15 is 0 Å². The first-order chi connectivity index (χ1) is 17.8. The molecule has 0 aliphatic carbocycles. The number of carbonyl (C=O) groups is 1. The van der Waals surface area contributed by atoms with Gasteiger partial charge in [0.1, 0.15) is 11.6 Å². The van der Waals surface area contributed by atoms with Gasteiger partial charge in [0.15, 0.2) is 9.84 Å². The molecule has 3 aromatic rings. The van der Waals surface area contributed by atoms with Crippen molar-refractivity contribution in [1.82, 2.24) is 9.55 Å². The molecule has 0 radical (unpaired) electrons. The van der Waals surface area contributed by atoms with E-state index in [0.717, 1.165) is 41.8 Å². The van der Waals surface area contributed by atoms with Crippen LogP contribution in [0.4, 0.5) is 5.82 Å². The Hall–Kier alpha value is -3.66. The van der Waals surface area contributed by atoms with Crippen LogP contribution >= 0.6 is 0 Å². The number of carboxylic acids is 1. The van der Waals surface area contributed by atoms with Crippen LogP contribution in [0.5, 0.6) is 5.75 Å². The fraction of sp³-hybridized carbons (Fsp3) is 0.370. The number of pyridine rings is 1. The largest absolute Gasteiger partial charge is 0.493 e. The molecule has 0 fully saturated rings. The smallest absolute Gasteiger partial charge is 0.305 e. The number of fused-ring (bicyclic) bond motifs is 2. The molecule has 9 nitrogen and oxygen atoms in total. The minimum absolute atomic E-state index is 0.146. The Balaban J connectivity index is 1.32. The van der Waals surface area contributed by atoms with Crippen LogP contribution in [0.15, 0.2) is 59.2 Å². The Morgan fingerprint density at radius 2 is 2.14 bits per heavy atom. The molecule has 0 saturated carbocycles. The molecule has 2 aromatic heterocycles. The lowest BCUT2D eigenvalue weighted by Crippen LogP contribution is -2.27. The number of hydrogen-bond acceptors (Lipinski definition) is 7. The van der Waals surface area contributed by atoms with E-state index in [9.17, 15) is 18.3 Å². The Bertz CT molecular complexity index is 1490. The van der Waals surface area contributed by atoms with Crippen LogP contribution in [0.25, 0.3) is 10.9 Å². The summed E-state index contributed by atoms with van der Waals surface area (Å²) in [6.07, 6.45) is 8.89. The predicted octanol–water partition coefficient (Wildman–Crippen LogP) is 3.46. The minimum Gasteiger partial charge on any atom is -0.493 e. The molecular formula is C27H30N4O5S. The van der Waals surface area contributed by atoms with Crippen molar-refractivity contribution in [2.75, 3.05) is 31.3 Å². The van der Waals surface area contributed by atoms with Crippen LogP contribution in [0, 0.1) is 0 Å². The summed E-state index contributed by atoms with van der Waals surface area (Å²) in [6.45, 7) is 1.58. The van der Waals surface area contributed by atoms with Gasteiger partial charge in [0.05, 0.1) is 30.9 Å². The van der Waals surface area contributed by atoms with Crippen molar-refractivity contribution < 1.29 is 23.1 Å². The van der Waals surface area contributed by atoms with Gasteiger partial charge in [0, 0.05) is 48.2 Å². The Morgan fingerprint density at radius 1 is 1.27 bits per heavy atom. The van der Waals surface area contributed by atoms with Crippen LogP contribution in [0.1, 0.15) is 30.1 Å². The fourth-order valence-corrected chi connectivity index (χ4v) is 5.62. The van der Waals surface area contributed by atoms with E-state index in [2.05, 4.69) is 22.4 Å². The van der Waals surface area contributed by atoms with Crippen LogP contribution in [-0.4, -0.2) is 66.5 Å². The molecule has 1 aromatic carbocycles. The lowest BCUT2D eigenvalue weighted by atomic mass is 10.0. The second-order valence-corrected chi connectivity index (χ2v) is 11.8. The number of dihydropyridines is 1. The first kappa shape index (κ1) is 25.0. The third-order valence-corrected chi connectivity index (χ3v) is 8.20. The highest BCUT2D eigenvalue weighted by Crippen LogP contribution is 2.31. The number of allylic oxidation sites excluding steroid dienone is 1. The molecule has 0 saturated heterocycles. The zero-order valence-electron chi connectivity index (χ0n) is 20.6. The van der Waals surface area contributed by atoms with Gasteiger partial charge in [-0.15, -0.1) is 0 Å². The molecule has 37 heavy (non-hydrogen) atoms. The summed E-state index contributed by atoms with van der Waals surface area (Å²) in [5.41, 5.74) is 3.65. The van der Waals surface area contributed by atoms with Gasteiger partial charge in [0.2, 0.25) is 0 Å². The summed E-state index contributed by atoms with van der Waals surface area (Å²) in [6, 6.07) is 11.2. The average Bonchev–Trinajstić information content (AvgIpc) is 3.30. The summed E-state index contributed by atoms with van der Waals surface area (Å²) in [7, 11) is -3.34. The van der Waals surface area contributed by atoms with Gasteiger partial charge in [-0.25, -0.2) is 13.4 Å². The molecule has 2 aliphatic heterocycles. The third kappa shape index (κ3) is 5.69. The number of aryl methyl sites for hydroxylation is 1. The normalized spacial score (nSPS) is 18.1. The summed E-state index contributed by atoms with van der Waals surface area (Å²) in [4.78, 5) is 20.6. The highest BCUT2D eigenvalue weighted by atomic mass is 32.2. The molecule has 2 aliphatic rings. The number of carboxylic acid groups (broad SMARTS) is 1. The van der Waals surface area contributed by atoms with Crippen molar-refractivity contribution in [2.24, 2.45) is 4.99 Å². The molecule has 4 heterocycles. The number of nitrogens with one attached hydrogen (secondary N) is 1. The molecule has 2 unspecified atom stereocenters. The maximum atomic E-state index is 12.1. The average molecular weight is 523 g/mol. The van der Waals surface area contributed by atoms with Crippen molar-refractivity contribution in [2.45, 2.75) is 37.0 Å². The molecule has 5 rings (SSSR count). The van der Waals surface area contributed by atoms with Crippen molar-refractivity contribution in [3.05, 3.63) is 65.5 Å². The number of hydrogen-bond donors (Lipinski definition) is 2. The van der Waals surface area contributed by atoms with Crippen LogP contribution < -0.4 is 10.1 Å². The van der Waals surface area contributed by atoms with Crippen LogP contribution in [-0.2, 0) is 27.5 Å². The second-order valence-electron chi connectivity index (χ2n) is 9.53. The lowest BCUT2D eigenvalue weighted by Gasteiger charge is -2.23. The summed E-state index contributed by atoms with van der Waals surface area (Å²) in [5, 5.41) is 13.1. The molecule has 194 valence electrons. The Morgan fingerprint density at radius 3 is 2.95 bits per heavy atom. The van der Waals surface area contributed by atoms with Gasteiger partial charge in [-0.1, -0.05) is 12.1 Å². The number of aromatic nitrogens is 2. The van der Waals surface area contributed by atoms with E-state index in [1.54, 1.807) is 12.3 Å². The van der Waals surface area contributed by atoms with Gasteiger partial charge in [0.25, 0.3) is 0 Å². The van der Waals surface area contributed by atoms with E-state index in [-0.39, 0.29) is 13.0 Å². The Labute approximate surface area is 215 Å². The van der Waals surface area contributed by atoms with Crippen molar-refractivity contribution in [1.29, 1.82) is 0 Å². The van der Waals surface area contributed by atoms with E-state index in [1.165, 1.54) is 11.8 Å². The van der Waals surface area contributed by atoms with Gasteiger partial charge in [-0.05, 0) is 54.3 Å². The van der Waals surface area contributed by atoms with Crippen LogP contribution in [0.3, 0.4) is 0 Å². The van der Waals surface area contributed by atoms with E-state index < -0.39 is 27.1 Å². The highest BCUT2D eigenvalue weighted by molar-refractivity contribution is 7.91. The van der Waals surface area contributed by atoms with Gasteiger partial charge >= 0.3 is 5.97 Å². The standard InChI is InChI=1S/C27H30N4O5S/c1-37(34,35)23-14-20(16-28-17-23)25(15-26(32)33)31-11-8-19-13-22(6-7-24(19)31)36-12-9-21-5-4-18-3-2-10-29-27(18)30-21/h4-8,11,13-14,16,23,25H,2-3,9-10,12,15,17H2,1H3,(H,29,30)(H,32,33). The van der Waals surface area contributed by atoms with E-state index in [1.807, 2.05) is 35.0 Å². The topological polar surface area (TPSA) is 123 Å². The summed E-state index contributed by atoms with van der Waals surface area (Å²) in [5.74, 6) is 0.712.